The fraction of sp³-hybridized carbons (Fsp3) is 0.238. The molecule has 0 unspecified atom stereocenters. The summed E-state index contributed by atoms with van der Waals surface area (Å²) < 4.78 is 0. The number of amidine groups is 1. The van der Waals surface area contributed by atoms with Crippen LogP contribution in [0.2, 0.25) is 0 Å². The summed E-state index contributed by atoms with van der Waals surface area (Å²) in [6, 6.07) is 15.1. The highest BCUT2D eigenvalue weighted by Crippen LogP contribution is 2.20. The first-order valence-electron chi connectivity index (χ1n) is 9.72. The summed E-state index contributed by atoms with van der Waals surface area (Å²) in [6.07, 6.45) is 2.00. The van der Waals surface area contributed by atoms with E-state index in [1.54, 1.807) is 55.5 Å². The Morgan fingerprint density at radius 3 is 2.43 bits per heavy atom. The van der Waals surface area contributed by atoms with Crippen molar-refractivity contribution in [2.75, 3.05) is 15.6 Å². The van der Waals surface area contributed by atoms with Gasteiger partial charge in [0.05, 0.1) is 5.69 Å². The summed E-state index contributed by atoms with van der Waals surface area (Å²) in [4.78, 5) is 41.3. The predicted octanol–water partition coefficient (Wildman–Crippen LogP) is 2.25. The van der Waals surface area contributed by atoms with Crippen molar-refractivity contribution in [2.45, 2.75) is 31.8 Å². The van der Waals surface area contributed by atoms with E-state index in [2.05, 4.69) is 26.4 Å². The molecule has 0 spiro atoms. The van der Waals surface area contributed by atoms with Crippen molar-refractivity contribution < 1.29 is 14.4 Å². The summed E-state index contributed by atoms with van der Waals surface area (Å²) in [7, 11) is 0. The van der Waals surface area contributed by atoms with Crippen LogP contribution in [0.1, 0.15) is 19.8 Å². The molecule has 4 amide bonds. The van der Waals surface area contributed by atoms with Gasteiger partial charge in [-0.15, -0.1) is 0 Å². The molecule has 0 bridgehead atoms. The molecule has 1 atom stereocenters. The summed E-state index contributed by atoms with van der Waals surface area (Å²) in [6.45, 7) is 1.63. The van der Waals surface area contributed by atoms with Crippen LogP contribution in [-0.4, -0.2) is 35.8 Å². The van der Waals surface area contributed by atoms with Gasteiger partial charge in [0.25, 0.3) is 11.8 Å². The minimum Gasteiger partial charge on any atom is -0.335 e. The quantitative estimate of drug-likeness (QED) is 0.610. The van der Waals surface area contributed by atoms with Crippen molar-refractivity contribution in [2.24, 2.45) is 4.99 Å². The van der Waals surface area contributed by atoms with Crippen molar-refractivity contribution in [3.05, 3.63) is 54.6 Å². The number of hydrazine groups is 1. The molecule has 0 radical (unpaired) electrons. The normalized spacial score (nSPS) is 18.2. The number of carbonyl (C=O) groups is 3. The summed E-state index contributed by atoms with van der Waals surface area (Å²) in [5.41, 5.74) is 4.45. The van der Waals surface area contributed by atoms with Gasteiger partial charge in [0, 0.05) is 17.4 Å². The third-order valence-electron chi connectivity index (χ3n) is 4.64. The maximum atomic E-state index is 12.7. The highest BCUT2D eigenvalue weighted by atomic mass is 16.2. The zero-order valence-electron chi connectivity index (χ0n) is 16.4. The SMILES string of the molecule is C[C@H]1N=C(C(=O)Nc2cccc(NC(=O)NC3CC3)c2)NN(c2ccccc2)C1=O. The zero-order chi connectivity index (χ0) is 21.1. The second-order valence-corrected chi connectivity index (χ2v) is 7.18. The minimum atomic E-state index is -0.702. The lowest BCUT2D eigenvalue weighted by Crippen LogP contribution is -2.57. The van der Waals surface area contributed by atoms with Crippen LogP contribution < -0.4 is 26.4 Å². The smallest absolute Gasteiger partial charge is 0.319 e. The second kappa shape index (κ2) is 8.24. The van der Waals surface area contributed by atoms with Gasteiger partial charge < -0.3 is 16.0 Å². The number of anilines is 3. The summed E-state index contributed by atoms with van der Waals surface area (Å²) in [5.74, 6) is -0.726. The van der Waals surface area contributed by atoms with Gasteiger partial charge in [0.1, 0.15) is 6.04 Å². The molecule has 2 aromatic carbocycles. The lowest BCUT2D eigenvalue weighted by molar-refractivity contribution is -0.120. The lowest BCUT2D eigenvalue weighted by atomic mass is 10.2. The van der Waals surface area contributed by atoms with E-state index < -0.39 is 11.9 Å². The number of amides is 4. The van der Waals surface area contributed by atoms with Gasteiger partial charge in [-0.25, -0.2) is 14.8 Å². The van der Waals surface area contributed by atoms with E-state index in [1.165, 1.54) is 5.01 Å². The summed E-state index contributed by atoms with van der Waals surface area (Å²) >= 11 is 0. The largest absolute Gasteiger partial charge is 0.335 e. The Labute approximate surface area is 173 Å². The molecular weight excluding hydrogens is 384 g/mol. The van der Waals surface area contributed by atoms with E-state index in [0.717, 1.165) is 12.8 Å². The van der Waals surface area contributed by atoms with Crippen molar-refractivity contribution in [1.82, 2.24) is 10.7 Å². The van der Waals surface area contributed by atoms with Gasteiger partial charge in [-0.2, -0.15) is 0 Å². The van der Waals surface area contributed by atoms with Crippen molar-refractivity contribution in [1.29, 1.82) is 0 Å². The van der Waals surface area contributed by atoms with Crippen LogP contribution in [0.3, 0.4) is 0 Å². The average Bonchev–Trinajstić information content (AvgIpc) is 3.54. The molecule has 0 saturated heterocycles. The number of nitrogens with zero attached hydrogens (tertiary/aromatic N) is 2. The average molecular weight is 406 g/mol. The number of aliphatic imine (C=N–C) groups is 1. The molecule has 1 aliphatic carbocycles. The molecule has 1 aliphatic heterocycles. The lowest BCUT2D eigenvalue weighted by Gasteiger charge is -2.30. The highest BCUT2D eigenvalue weighted by molar-refractivity contribution is 6.43. The number of rotatable bonds is 5. The van der Waals surface area contributed by atoms with Gasteiger partial charge in [0.15, 0.2) is 0 Å². The number of para-hydroxylation sites is 1. The van der Waals surface area contributed by atoms with E-state index in [4.69, 9.17) is 0 Å². The van der Waals surface area contributed by atoms with Crippen LogP contribution >= 0.6 is 0 Å². The zero-order valence-corrected chi connectivity index (χ0v) is 16.4. The number of hydrogen-bond donors (Lipinski definition) is 4. The van der Waals surface area contributed by atoms with E-state index >= 15 is 0 Å². The molecule has 4 rings (SSSR count). The third kappa shape index (κ3) is 4.57. The molecule has 9 nitrogen and oxygen atoms in total. The Morgan fingerprint density at radius 2 is 1.73 bits per heavy atom. The molecule has 2 aromatic rings. The second-order valence-electron chi connectivity index (χ2n) is 7.18. The highest BCUT2D eigenvalue weighted by Gasteiger charge is 2.30. The monoisotopic (exact) mass is 406 g/mol. The molecular formula is C21H22N6O3. The van der Waals surface area contributed by atoms with E-state index in [9.17, 15) is 14.4 Å². The number of urea groups is 1. The van der Waals surface area contributed by atoms with Gasteiger partial charge in [0.2, 0.25) is 5.84 Å². The first-order chi connectivity index (χ1) is 14.5. The fourth-order valence-corrected chi connectivity index (χ4v) is 2.95. The molecule has 30 heavy (non-hydrogen) atoms. The van der Waals surface area contributed by atoms with Gasteiger partial charge in [-0.1, -0.05) is 24.3 Å². The Kier molecular flexibility index (Phi) is 5.34. The van der Waals surface area contributed by atoms with Gasteiger partial charge >= 0.3 is 6.03 Å². The number of benzene rings is 2. The van der Waals surface area contributed by atoms with Crippen LogP contribution in [0.5, 0.6) is 0 Å². The van der Waals surface area contributed by atoms with E-state index in [1.807, 2.05) is 6.07 Å². The molecule has 0 aromatic heterocycles. The van der Waals surface area contributed by atoms with Crippen molar-refractivity contribution >= 4 is 40.7 Å². The molecule has 2 aliphatic rings. The van der Waals surface area contributed by atoms with Crippen LogP contribution in [0.15, 0.2) is 59.6 Å². The Bertz CT molecular complexity index is 1000. The first-order valence-corrected chi connectivity index (χ1v) is 9.72. The molecule has 1 heterocycles. The van der Waals surface area contributed by atoms with Crippen LogP contribution in [0.25, 0.3) is 0 Å². The topological polar surface area (TPSA) is 115 Å². The standard InChI is InChI=1S/C21H22N6O3/c1-13-20(29)27(17-8-3-2-4-9-17)26-18(22-13)19(28)23-15-6-5-7-16(12-15)25-21(30)24-14-10-11-14/h2-9,12-14H,10-11H2,1H3,(H,22,26)(H,23,28)(H2,24,25,30)/t13-/m1/s1. The first kappa shape index (κ1) is 19.4. The third-order valence-corrected chi connectivity index (χ3v) is 4.64. The maximum absolute atomic E-state index is 12.7. The Balaban J connectivity index is 1.44. The van der Waals surface area contributed by atoms with E-state index in [-0.39, 0.29) is 23.8 Å². The summed E-state index contributed by atoms with van der Waals surface area (Å²) in [5, 5.41) is 9.64. The van der Waals surface area contributed by atoms with E-state index in [0.29, 0.717) is 17.1 Å². The number of nitrogens with one attached hydrogen (secondary N) is 4. The Morgan fingerprint density at radius 1 is 1.03 bits per heavy atom. The molecule has 9 heteroatoms. The fourth-order valence-electron chi connectivity index (χ4n) is 2.95. The Hall–Kier alpha value is -3.88. The predicted molar refractivity (Wildman–Crippen MR) is 114 cm³/mol. The van der Waals surface area contributed by atoms with Gasteiger partial charge in [-0.05, 0) is 50.1 Å². The minimum absolute atomic E-state index is 0.0239. The van der Waals surface area contributed by atoms with Crippen molar-refractivity contribution in [3.63, 3.8) is 0 Å². The maximum Gasteiger partial charge on any atom is 0.319 e. The number of hydrogen-bond acceptors (Lipinski definition) is 5. The number of carbonyl (C=O) groups excluding carboxylic acids is 3. The molecule has 1 fully saturated rings. The van der Waals surface area contributed by atoms with Crippen LogP contribution in [0.4, 0.5) is 21.9 Å². The molecule has 154 valence electrons. The molecule has 1 saturated carbocycles. The van der Waals surface area contributed by atoms with Crippen LogP contribution in [-0.2, 0) is 9.59 Å². The van der Waals surface area contributed by atoms with Gasteiger partial charge in [-0.3, -0.25) is 15.0 Å². The molecule has 4 N–H and O–H groups in total. The van der Waals surface area contributed by atoms with Crippen LogP contribution in [0, 0.1) is 0 Å². The van der Waals surface area contributed by atoms with Crippen molar-refractivity contribution in [3.8, 4) is 0 Å².